The van der Waals surface area contributed by atoms with Gasteiger partial charge in [0.05, 0.1) is 14.2 Å². The van der Waals surface area contributed by atoms with Crippen LogP contribution >= 0.6 is 0 Å². The van der Waals surface area contributed by atoms with E-state index in [2.05, 4.69) is 10.3 Å². The van der Waals surface area contributed by atoms with Gasteiger partial charge in [-0.05, 0) is 55.0 Å². The van der Waals surface area contributed by atoms with Crippen molar-refractivity contribution in [3.63, 3.8) is 0 Å². The van der Waals surface area contributed by atoms with Gasteiger partial charge in [-0.2, -0.15) is 0 Å². The monoisotopic (exact) mass is 348 g/mol. The van der Waals surface area contributed by atoms with Crippen LogP contribution in [0, 0.1) is 6.92 Å². The second-order valence-corrected chi connectivity index (χ2v) is 5.76. The number of carbonyl (C=O) groups excluding carboxylic acids is 1. The van der Waals surface area contributed by atoms with Gasteiger partial charge in [-0.15, -0.1) is 0 Å². The predicted molar refractivity (Wildman–Crippen MR) is 102 cm³/mol. The summed E-state index contributed by atoms with van der Waals surface area (Å²) in [6.07, 6.45) is 0. The fourth-order valence-electron chi connectivity index (χ4n) is 2.65. The molecule has 0 atom stereocenters. The van der Waals surface area contributed by atoms with Gasteiger partial charge in [-0.25, -0.2) is 4.98 Å². The van der Waals surface area contributed by atoms with Crippen LogP contribution in [0.2, 0.25) is 0 Å². The molecule has 0 aliphatic rings. The summed E-state index contributed by atoms with van der Waals surface area (Å²) in [5, 5.41) is 2.89. The molecular formula is C21H20N2O3. The summed E-state index contributed by atoms with van der Waals surface area (Å²) in [5.41, 5.74) is 3.70. The van der Waals surface area contributed by atoms with Crippen LogP contribution in [-0.2, 0) is 0 Å². The van der Waals surface area contributed by atoms with Crippen molar-refractivity contribution in [2.24, 2.45) is 0 Å². The molecule has 0 saturated heterocycles. The lowest BCUT2D eigenvalue weighted by Crippen LogP contribution is -2.14. The molecule has 1 aromatic heterocycles. The van der Waals surface area contributed by atoms with Crippen LogP contribution in [0.4, 0.5) is 5.69 Å². The largest absolute Gasteiger partial charge is 0.497 e. The van der Waals surface area contributed by atoms with Gasteiger partial charge < -0.3 is 14.8 Å². The van der Waals surface area contributed by atoms with Crippen LogP contribution in [0.15, 0.2) is 60.7 Å². The summed E-state index contributed by atoms with van der Waals surface area (Å²) in [6.45, 7) is 1.85. The lowest BCUT2D eigenvalue weighted by atomic mass is 10.0. The Balaban J connectivity index is 1.90. The third-order valence-electron chi connectivity index (χ3n) is 3.98. The van der Waals surface area contributed by atoms with Crippen LogP contribution in [0.3, 0.4) is 0 Å². The molecule has 132 valence electrons. The second-order valence-electron chi connectivity index (χ2n) is 5.76. The average Bonchev–Trinajstić information content (AvgIpc) is 2.68. The van der Waals surface area contributed by atoms with Gasteiger partial charge in [0.25, 0.3) is 5.91 Å². The number of nitrogens with zero attached hydrogens (tertiary/aromatic N) is 1. The average molecular weight is 348 g/mol. The van der Waals surface area contributed by atoms with Crippen molar-refractivity contribution in [1.82, 2.24) is 4.98 Å². The number of aryl methyl sites for hydroxylation is 1. The Labute approximate surface area is 152 Å². The standard InChI is InChI=1S/C21H20N2O3/c1-14-5-4-6-19(22-14)21(24)23-16-9-12-20(26-3)18(13-16)15-7-10-17(25-2)11-8-15/h4-13H,1-3H3,(H,23,24). The number of rotatable bonds is 5. The van der Waals surface area contributed by atoms with E-state index in [0.29, 0.717) is 11.4 Å². The molecule has 0 saturated carbocycles. The zero-order chi connectivity index (χ0) is 18.5. The van der Waals surface area contributed by atoms with Crippen LogP contribution in [0.5, 0.6) is 11.5 Å². The lowest BCUT2D eigenvalue weighted by Gasteiger charge is -2.12. The number of amides is 1. The minimum Gasteiger partial charge on any atom is -0.497 e. The van der Waals surface area contributed by atoms with E-state index >= 15 is 0 Å². The molecule has 0 aliphatic carbocycles. The highest BCUT2D eigenvalue weighted by Crippen LogP contribution is 2.33. The molecule has 1 N–H and O–H groups in total. The molecule has 3 aromatic rings. The van der Waals surface area contributed by atoms with Crippen molar-refractivity contribution in [3.05, 3.63) is 72.1 Å². The zero-order valence-electron chi connectivity index (χ0n) is 14.9. The van der Waals surface area contributed by atoms with Gasteiger partial charge >= 0.3 is 0 Å². The maximum atomic E-state index is 12.4. The lowest BCUT2D eigenvalue weighted by molar-refractivity contribution is 0.102. The van der Waals surface area contributed by atoms with Crippen molar-refractivity contribution in [1.29, 1.82) is 0 Å². The molecule has 26 heavy (non-hydrogen) atoms. The molecule has 5 heteroatoms. The Kier molecular flexibility index (Phi) is 5.17. The van der Waals surface area contributed by atoms with Gasteiger partial charge in [-0.1, -0.05) is 18.2 Å². The maximum absolute atomic E-state index is 12.4. The number of benzene rings is 2. The number of nitrogens with one attached hydrogen (secondary N) is 1. The third-order valence-corrected chi connectivity index (χ3v) is 3.98. The van der Waals surface area contributed by atoms with Gasteiger partial charge in [0.2, 0.25) is 0 Å². The SMILES string of the molecule is COc1ccc(-c2cc(NC(=O)c3cccc(C)n3)ccc2OC)cc1. The number of hydrogen-bond donors (Lipinski definition) is 1. The Morgan fingerprint density at radius 2 is 1.73 bits per heavy atom. The number of hydrogen-bond acceptors (Lipinski definition) is 4. The van der Waals surface area contributed by atoms with Gasteiger partial charge in [0.1, 0.15) is 17.2 Å². The summed E-state index contributed by atoms with van der Waals surface area (Å²) in [4.78, 5) is 16.7. The van der Waals surface area contributed by atoms with E-state index in [1.54, 1.807) is 26.4 Å². The minimum absolute atomic E-state index is 0.250. The van der Waals surface area contributed by atoms with Gasteiger partial charge in [0.15, 0.2) is 0 Å². The van der Waals surface area contributed by atoms with Crippen LogP contribution in [-0.4, -0.2) is 25.1 Å². The highest BCUT2D eigenvalue weighted by atomic mass is 16.5. The molecule has 0 bridgehead atoms. The quantitative estimate of drug-likeness (QED) is 0.746. The molecule has 1 amide bonds. The number of aromatic nitrogens is 1. The molecule has 5 nitrogen and oxygen atoms in total. The molecule has 0 radical (unpaired) electrons. The van der Waals surface area contributed by atoms with Crippen molar-refractivity contribution < 1.29 is 14.3 Å². The van der Waals surface area contributed by atoms with Crippen LogP contribution in [0.25, 0.3) is 11.1 Å². The first-order valence-corrected chi connectivity index (χ1v) is 8.18. The van der Waals surface area contributed by atoms with E-state index in [9.17, 15) is 4.79 Å². The van der Waals surface area contributed by atoms with Crippen LogP contribution in [0.1, 0.15) is 16.2 Å². The summed E-state index contributed by atoms with van der Waals surface area (Å²) < 4.78 is 10.7. The van der Waals surface area contributed by atoms with E-state index in [0.717, 1.165) is 28.3 Å². The normalized spacial score (nSPS) is 10.3. The highest BCUT2D eigenvalue weighted by Gasteiger charge is 2.11. The van der Waals surface area contributed by atoms with E-state index < -0.39 is 0 Å². The first-order valence-electron chi connectivity index (χ1n) is 8.18. The smallest absolute Gasteiger partial charge is 0.274 e. The number of anilines is 1. The third kappa shape index (κ3) is 3.83. The number of methoxy groups -OCH3 is 2. The predicted octanol–water partition coefficient (Wildman–Crippen LogP) is 4.33. The van der Waals surface area contributed by atoms with Crippen LogP contribution < -0.4 is 14.8 Å². The molecule has 2 aromatic carbocycles. The fourth-order valence-corrected chi connectivity index (χ4v) is 2.65. The maximum Gasteiger partial charge on any atom is 0.274 e. The van der Waals surface area contributed by atoms with Crippen molar-refractivity contribution >= 4 is 11.6 Å². The van der Waals surface area contributed by atoms with Crippen molar-refractivity contribution in [2.45, 2.75) is 6.92 Å². The Bertz CT molecular complexity index is 921. The summed E-state index contributed by atoms with van der Waals surface area (Å²) in [5.74, 6) is 1.25. The molecule has 3 rings (SSSR count). The molecular weight excluding hydrogens is 328 g/mol. The molecule has 1 heterocycles. The summed E-state index contributed by atoms with van der Waals surface area (Å²) >= 11 is 0. The molecule has 0 unspecified atom stereocenters. The first kappa shape index (κ1) is 17.5. The molecule has 0 aliphatic heterocycles. The Morgan fingerprint density at radius 3 is 2.38 bits per heavy atom. The van der Waals surface area contributed by atoms with Gasteiger partial charge in [-0.3, -0.25) is 4.79 Å². The molecule has 0 spiro atoms. The number of pyridine rings is 1. The zero-order valence-corrected chi connectivity index (χ0v) is 14.9. The topological polar surface area (TPSA) is 60.5 Å². The molecule has 0 fully saturated rings. The second kappa shape index (κ2) is 7.70. The number of ether oxygens (including phenoxy) is 2. The van der Waals surface area contributed by atoms with Crippen molar-refractivity contribution in [2.75, 3.05) is 19.5 Å². The van der Waals surface area contributed by atoms with E-state index in [1.165, 1.54) is 0 Å². The van der Waals surface area contributed by atoms with Crippen molar-refractivity contribution in [3.8, 4) is 22.6 Å². The van der Waals surface area contributed by atoms with E-state index in [-0.39, 0.29) is 5.91 Å². The first-order chi connectivity index (χ1) is 12.6. The Hall–Kier alpha value is -3.34. The van der Waals surface area contributed by atoms with E-state index in [4.69, 9.17) is 9.47 Å². The highest BCUT2D eigenvalue weighted by molar-refractivity contribution is 6.03. The summed E-state index contributed by atoms with van der Waals surface area (Å²) in [7, 11) is 3.25. The number of carbonyl (C=O) groups is 1. The fraction of sp³-hybridized carbons (Fsp3) is 0.143. The van der Waals surface area contributed by atoms with E-state index in [1.807, 2.05) is 55.5 Å². The summed E-state index contributed by atoms with van der Waals surface area (Å²) in [6, 6.07) is 18.5. The Morgan fingerprint density at radius 1 is 0.962 bits per heavy atom. The minimum atomic E-state index is -0.250. The van der Waals surface area contributed by atoms with Gasteiger partial charge in [0, 0.05) is 16.9 Å².